The molecule has 8 N–H and O–H groups in total. The first-order chi connectivity index (χ1) is 48.5. The highest BCUT2D eigenvalue weighted by molar-refractivity contribution is 6.00. The van der Waals surface area contributed by atoms with Gasteiger partial charge >= 0.3 is 12.1 Å². The quantitative estimate of drug-likeness (QED) is 0.0166. The zero-order chi connectivity index (χ0) is 75.1. The average Bonchev–Trinajstić information content (AvgIpc) is 1.26. The number of nitrogens with one attached hydrogen (secondary N) is 5. The highest BCUT2D eigenvalue weighted by Gasteiger charge is 2.44. The molecule has 0 spiro atoms. The molecule has 0 saturated carbocycles. The third-order valence-electron chi connectivity index (χ3n) is 19.6. The molecule has 0 bridgehead atoms. The summed E-state index contributed by atoms with van der Waals surface area (Å²) < 4.78 is 17.9. The van der Waals surface area contributed by atoms with E-state index in [9.17, 15) is 53.1 Å². The zero-order valence-electron chi connectivity index (χ0n) is 61.8. The number of methoxy groups -OCH3 is 2. The Hall–Kier alpha value is -9.18. The number of anilines is 2. The molecule has 0 radical (unpaired) electrons. The molecule has 0 aliphatic carbocycles. The van der Waals surface area contributed by atoms with E-state index in [1.807, 2.05) is 107 Å². The Morgan fingerprint density at radius 2 is 1.31 bits per heavy atom. The lowest BCUT2D eigenvalue weighted by molar-refractivity contribution is -0.148. The number of amides is 10. The minimum atomic E-state index is -1.15. The third kappa shape index (κ3) is 22.4. The number of hydrogen-bond acceptors (Lipinski definition) is 14. The number of fused-ring (bicyclic) bond motifs is 2. The van der Waals surface area contributed by atoms with Crippen molar-refractivity contribution in [1.82, 2.24) is 36.0 Å². The largest absolute Gasteiger partial charge is 0.445 e. The summed E-state index contributed by atoms with van der Waals surface area (Å²) in [7, 11) is 6.13. The number of urea groups is 1. The Kier molecular flexibility index (Phi) is 31.5. The Balaban J connectivity index is 1.04. The van der Waals surface area contributed by atoms with Crippen molar-refractivity contribution in [2.45, 2.75) is 195 Å². The number of aliphatic hydroxyl groups excluding tert-OH is 1. The van der Waals surface area contributed by atoms with Crippen molar-refractivity contribution in [3.05, 3.63) is 131 Å². The molecule has 2 aliphatic heterocycles. The van der Waals surface area contributed by atoms with Crippen LogP contribution in [0.4, 0.5) is 21.0 Å². The number of nitrogens with zero attached hydrogens (tertiary/aromatic N) is 4. The van der Waals surface area contributed by atoms with E-state index in [0.29, 0.717) is 48.3 Å². The van der Waals surface area contributed by atoms with E-state index in [0.717, 1.165) is 16.7 Å². The van der Waals surface area contributed by atoms with Gasteiger partial charge in [-0.3, -0.25) is 43.3 Å². The number of primary amides is 1. The molecule has 2 heterocycles. The number of para-hydroxylation sites is 1. The fraction of sp³-hybridized carbons (Fsp3) is 0.538. The molecule has 24 nitrogen and oxygen atoms in total. The first kappa shape index (κ1) is 81.8. The van der Waals surface area contributed by atoms with Gasteiger partial charge in [0.05, 0.1) is 49.0 Å². The number of carbonyl (C=O) groups excluding carboxylic acids is 10. The van der Waals surface area contributed by atoms with Crippen molar-refractivity contribution in [2.24, 2.45) is 41.2 Å². The summed E-state index contributed by atoms with van der Waals surface area (Å²) in [5.41, 5.74) is 9.81. The van der Waals surface area contributed by atoms with Gasteiger partial charge in [0.25, 0.3) is 0 Å². The number of hydrogen-bond donors (Lipinski definition) is 7. The number of likely N-dealkylation sites (N-methyl/N-ethyl adjacent to an activating group) is 2. The number of Topliss-reactive ketones (excluding diaryl/α,β-unsaturated/α-hetero) is 1. The summed E-state index contributed by atoms with van der Waals surface area (Å²) in [6, 6.07) is 24.3. The first-order valence-corrected chi connectivity index (χ1v) is 35.6. The smallest absolute Gasteiger partial charge is 0.410 e. The van der Waals surface area contributed by atoms with Gasteiger partial charge in [-0.05, 0) is 102 Å². The molecule has 4 aromatic carbocycles. The Bertz CT molecular complexity index is 3580. The molecule has 2 aliphatic rings. The predicted molar refractivity (Wildman–Crippen MR) is 390 cm³/mol. The van der Waals surface area contributed by atoms with Crippen molar-refractivity contribution in [1.29, 1.82) is 0 Å². The number of nitrogens with two attached hydrogens (primary N) is 1. The molecule has 102 heavy (non-hydrogen) atoms. The number of likely N-dealkylation sites (tertiary alicyclic amines) is 1. The molecule has 0 unspecified atom stereocenters. The van der Waals surface area contributed by atoms with E-state index in [-0.39, 0.29) is 87.7 Å². The molecule has 12 atom stereocenters. The van der Waals surface area contributed by atoms with Gasteiger partial charge in [0.2, 0.25) is 41.4 Å². The number of aliphatic hydroxyl groups is 1. The molecule has 4 aromatic rings. The highest BCUT2D eigenvalue weighted by atomic mass is 16.6. The molecule has 0 aromatic heterocycles. The van der Waals surface area contributed by atoms with Crippen LogP contribution in [0, 0.1) is 47.3 Å². The van der Waals surface area contributed by atoms with Crippen molar-refractivity contribution in [2.75, 3.05) is 51.6 Å². The second-order valence-corrected chi connectivity index (χ2v) is 28.1. The maximum Gasteiger partial charge on any atom is 0.410 e. The van der Waals surface area contributed by atoms with Crippen molar-refractivity contribution in [3.63, 3.8) is 0 Å². The Labute approximate surface area is 601 Å². The lowest BCUT2D eigenvalue weighted by Gasteiger charge is -2.41. The summed E-state index contributed by atoms with van der Waals surface area (Å²) in [5.74, 6) is 0.519. The monoisotopic (exact) mass is 1410 g/mol. The summed E-state index contributed by atoms with van der Waals surface area (Å²) in [6.07, 6.45) is -1.15. The Morgan fingerprint density at radius 1 is 0.676 bits per heavy atom. The van der Waals surface area contributed by atoms with Crippen LogP contribution in [0.1, 0.15) is 161 Å². The first-order valence-electron chi connectivity index (χ1n) is 35.6. The normalized spacial score (nSPS) is 16.6. The van der Waals surface area contributed by atoms with E-state index in [1.54, 1.807) is 94.7 Å². The van der Waals surface area contributed by atoms with Gasteiger partial charge < -0.3 is 66.3 Å². The molecule has 24 heteroatoms. The van der Waals surface area contributed by atoms with E-state index in [1.165, 1.54) is 19.1 Å². The van der Waals surface area contributed by atoms with Gasteiger partial charge in [0.15, 0.2) is 0 Å². The van der Waals surface area contributed by atoms with Crippen molar-refractivity contribution in [3.8, 4) is 11.8 Å². The van der Waals surface area contributed by atoms with Crippen LogP contribution in [-0.4, -0.2) is 169 Å². The zero-order valence-corrected chi connectivity index (χ0v) is 61.8. The van der Waals surface area contributed by atoms with E-state index >= 15 is 0 Å². The summed E-state index contributed by atoms with van der Waals surface area (Å²) in [4.78, 5) is 145. The fourth-order valence-electron chi connectivity index (χ4n) is 13.5. The van der Waals surface area contributed by atoms with Crippen LogP contribution in [0.3, 0.4) is 0 Å². The van der Waals surface area contributed by atoms with Crippen LogP contribution in [0.25, 0.3) is 0 Å². The fourth-order valence-corrected chi connectivity index (χ4v) is 13.5. The van der Waals surface area contributed by atoms with E-state index in [4.69, 9.17) is 19.9 Å². The number of rotatable bonds is 36. The summed E-state index contributed by atoms with van der Waals surface area (Å²) >= 11 is 0. The van der Waals surface area contributed by atoms with Crippen molar-refractivity contribution < 1.29 is 67.3 Å². The van der Waals surface area contributed by atoms with Gasteiger partial charge in [0.1, 0.15) is 36.6 Å². The average molecular weight is 1410 g/mol. The number of benzene rings is 4. The van der Waals surface area contributed by atoms with Crippen LogP contribution < -0.4 is 37.2 Å². The minimum Gasteiger partial charge on any atom is -0.445 e. The molecular weight excluding hydrogens is 1300 g/mol. The lowest BCUT2D eigenvalue weighted by Crippen LogP contribution is -2.60. The maximum absolute atomic E-state index is 14.9. The van der Waals surface area contributed by atoms with E-state index in [2.05, 4.69) is 38.4 Å². The molecule has 10 amide bonds. The second-order valence-electron chi connectivity index (χ2n) is 28.1. The minimum absolute atomic E-state index is 0.0593. The predicted octanol–water partition coefficient (Wildman–Crippen LogP) is 8.41. The van der Waals surface area contributed by atoms with Crippen molar-refractivity contribution >= 4 is 70.6 Å². The standard InChI is InChI=1S/C78H108N10O14/c1-15-50(8)70(63(100-13)44-66(92)87-42-24-32-61(87)72(101-14)52(10)62(89)43-51(9)71(93)56-27-17-16-18-28-56)85(11)76(97)68(48(4)5)84-75(96)69(49(6)7)86(12)78(99)102-46-53-33-37-58(38-34-53)81-73(94)59(30-23-41-80-77(79)98)82-74(95)67(47(2)3)83-64(90)39-40-65(91)88-45-57-29-20-19-25-54(57)35-36-55-26-21-22-31-60(55)88/h16-22,25-29,31,33-34,37-38,47-52,59,61,63,67-72,93H,15,23-24,30,32,39-46H2,1-14H3,(H,81,94)(H,82,95)(H,83,90)(H,84,96)(H3,79,80,98)/t50-,51-,52-,59-,61-,63+,67-,68-,69-,70-,71+,72+/m0/s1. The maximum atomic E-state index is 14.9. The summed E-state index contributed by atoms with van der Waals surface area (Å²) in [5, 5.41) is 24.8. The van der Waals surface area contributed by atoms with E-state index < -0.39 is 120 Å². The highest BCUT2D eigenvalue weighted by Crippen LogP contribution is 2.33. The molecule has 6 rings (SSSR count). The lowest BCUT2D eigenvalue weighted by atomic mass is 9.85. The van der Waals surface area contributed by atoms with Gasteiger partial charge in [0, 0.05) is 83.4 Å². The van der Waals surface area contributed by atoms with Gasteiger partial charge in [-0.25, -0.2) is 9.59 Å². The van der Waals surface area contributed by atoms with Crippen LogP contribution in [0.5, 0.6) is 0 Å². The van der Waals surface area contributed by atoms with Crippen LogP contribution in [0.15, 0.2) is 103 Å². The van der Waals surface area contributed by atoms with Gasteiger partial charge in [-0.1, -0.05) is 160 Å². The van der Waals surface area contributed by atoms with Crippen LogP contribution in [-0.2, 0) is 65.7 Å². The van der Waals surface area contributed by atoms with Gasteiger partial charge in [-0.2, -0.15) is 0 Å². The topological polar surface area (TPSA) is 318 Å². The van der Waals surface area contributed by atoms with Gasteiger partial charge in [-0.15, -0.1) is 0 Å². The molecule has 1 fully saturated rings. The SMILES string of the molecule is CC[C@H](C)[C@@H]([C@@H](CC(=O)N1CCC[C@H]1[C@H](OC)[C@@H](C)C(=O)C[C@H](C)[C@@H](O)c1ccccc1)OC)N(C)C(=O)[C@@H](NC(=O)[C@H](C(C)C)N(C)C(=O)OCc1ccc(NC(=O)[C@H](CCCNC(N)=O)NC(=O)[C@@H](NC(=O)CCC(=O)N2Cc3ccccc3C#Cc3ccccc32)C(C)C)cc1)C(C)C. The second kappa shape index (κ2) is 39.3. The third-order valence-corrected chi connectivity index (χ3v) is 19.6. The Morgan fingerprint density at radius 3 is 1.94 bits per heavy atom. The summed E-state index contributed by atoms with van der Waals surface area (Å²) in [6.45, 7) is 18.8. The van der Waals surface area contributed by atoms with Crippen LogP contribution in [0.2, 0.25) is 0 Å². The molecule has 554 valence electrons. The van der Waals surface area contributed by atoms with Crippen LogP contribution >= 0.6 is 0 Å². The number of ether oxygens (including phenoxy) is 3. The number of ketones is 1. The number of carbonyl (C=O) groups is 10. The molecule has 1 saturated heterocycles. The molecular formula is C78H108N10O14.